The smallest absolute Gasteiger partial charge is 0.341 e. The maximum atomic E-state index is 12.2. The Morgan fingerprint density at radius 2 is 2.09 bits per heavy atom. The molecule has 22 heavy (non-hydrogen) atoms. The van der Waals surface area contributed by atoms with E-state index < -0.39 is 5.97 Å². The summed E-state index contributed by atoms with van der Waals surface area (Å²) in [7, 11) is 0. The molecule has 0 aliphatic heterocycles. The number of hydrogen-bond acceptors (Lipinski definition) is 5. The van der Waals surface area contributed by atoms with E-state index in [1.165, 1.54) is 11.3 Å². The van der Waals surface area contributed by atoms with Crippen molar-refractivity contribution in [2.24, 2.45) is 0 Å². The van der Waals surface area contributed by atoms with Crippen LogP contribution in [0.15, 0.2) is 24.4 Å². The number of pyridine rings is 1. The molecular weight excluding hydrogens is 300 g/mol. The normalized spacial score (nSPS) is 10.3. The Morgan fingerprint density at radius 3 is 2.68 bits per heavy atom. The number of amides is 1. The fourth-order valence-corrected chi connectivity index (χ4v) is 3.30. The van der Waals surface area contributed by atoms with Crippen molar-refractivity contribution in [1.82, 2.24) is 4.98 Å². The number of nitrogens with zero attached hydrogens (tertiary/aromatic N) is 1. The molecule has 2 aromatic heterocycles. The standard InChI is InChI=1S/C16H18N2O3S/c1-4-11-10(3)22-15(13(11)16(20)21-5-2)18-14(19)12-8-6-7-9-17-12/h6-9H,4-5H2,1-3H3,(H,18,19). The molecule has 2 aromatic rings. The first-order valence-corrected chi connectivity index (χ1v) is 7.91. The van der Waals surface area contributed by atoms with Crippen molar-refractivity contribution in [3.05, 3.63) is 46.1 Å². The van der Waals surface area contributed by atoms with Gasteiger partial charge in [-0.25, -0.2) is 4.79 Å². The topological polar surface area (TPSA) is 68.3 Å². The second-order valence-corrected chi connectivity index (χ2v) is 5.81. The van der Waals surface area contributed by atoms with Crippen molar-refractivity contribution >= 4 is 28.2 Å². The molecular formula is C16H18N2O3S. The molecule has 0 aliphatic carbocycles. The van der Waals surface area contributed by atoms with Gasteiger partial charge in [-0.05, 0) is 38.0 Å². The largest absolute Gasteiger partial charge is 0.462 e. The number of aryl methyl sites for hydroxylation is 1. The van der Waals surface area contributed by atoms with Gasteiger partial charge in [-0.2, -0.15) is 0 Å². The Balaban J connectivity index is 2.34. The van der Waals surface area contributed by atoms with Crippen LogP contribution in [-0.4, -0.2) is 23.5 Å². The maximum Gasteiger partial charge on any atom is 0.341 e. The minimum atomic E-state index is -0.403. The van der Waals surface area contributed by atoms with Gasteiger partial charge in [-0.3, -0.25) is 9.78 Å². The van der Waals surface area contributed by atoms with E-state index in [1.807, 2.05) is 13.8 Å². The summed E-state index contributed by atoms with van der Waals surface area (Å²) in [6.07, 6.45) is 2.26. The molecule has 1 N–H and O–H groups in total. The predicted molar refractivity (Wildman–Crippen MR) is 86.6 cm³/mol. The number of carbonyl (C=O) groups excluding carboxylic acids is 2. The van der Waals surface area contributed by atoms with Crippen LogP contribution in [0.25, 0.3) is 0 Å². The number of rotatable bonds is 5. The van der Waals surface area contributed by atoms with Gasteiger partial charge >= 0.3 is 5.97 Å². The first-order valence-electron chi connectivity index (χ1n) is 7.10. The third-order valence-electron chi connectivity index (χ3n) is 3.17. The van der Waals surface area contributed by atoms with E-state index in [9.17, 15) is 9.59 Å². The summed E-state index contributed by atoms with van der Waals surface area (Å²) >= 11 is 1.38. The lowest BCUT2D eigenvalue weighted by atomic mass is 10.1. The summed E-state index contributed by atoms with van der Waals surface area (Å²) in [5.41, 5.74) is 1.68. The molecule has 0 bridgehead atoms. The van der Waals surface area contributed by atoms with Crippen molar-refractivity contribution < 1.29 is 14.3 Å². The molecule has 0 atom stereocenters. The van der Waals surface area contributed by atoms with Gasteiger partial charge < -0.3 is 10.1 Å². The number of hydrogen-bond donors (Lipinski definition) is 1. The number of aromatic nitrogens is 1. The summed E-state index contributed by atoms with van der Waals surface area (Å²) < 4.78 is 5.11. The highest BCUT2D eigenvalue weighted by molar-refractivity contribution is 7.16. The zero-order chi connectivity index (χ0) is 16.1. The molecule has 6 heteroatoms. The number of ether oxygens (including phenoxy) is 1. The average Bonchev–Trinajstić information content (AvgIpc) is 2.83. The first kappa shape index (κ1) is 16.2. The summed E-state index contributed by atoms with van der Waals surface area (Å²) in [4.78, 5) is 29.4. The summed E-state index contributed by atoms with van der Waals surface area (Å²) in [5, 5.41) is 3.30. The quantitative estimate of drug-likeness (QED) is 0.857. The number of thiophene rings is 1. The van der Waals surface area contributed by atoms with Crippen LogP contribution >= 0.6 is 11.3 Å². The van der Waals surface area contributed by atoms with Gasteiger partial charge in [0.1, 0.15) is 10.7 Å². The molecule has 0 saturated heterocycles. The Labute approximate surface area is 133 Å². The van der Waals surface area contributed by atoms with Crippen molar-refractivity contribution in [2.75, 3.05) is 11.9 Å². The molecule has 5 nitrogen and oxygen atoms in total. The summed E-state index contributed by atoms with van der Waals surface area (Å²) in [6, 6.07) is 5.11. The van der Waals surface area contributed by atoms with Gasteiger partial charge in [-0.1, -0.05) is 13.0 Å². The van der Waals surface area contributed by atoms with Crippen LogP contribution in [0.3, 0.4) is 0 Å². The molecule has 0 unspecified atom stereocenters. The number of nitrogens with one attached hydrogen (secondary N) is 1. The van der Waals surface area contributed by atoms with E-state index in [4.69, 9.17) is 4.74 Å². The summed E-state index contributed by atoms with van der Waals surface area (Å²) in [5.74, 6) is -0.741. The third kappa shape index (κ3) is 3.33. The second-order valence-electron chi connectivity index (χ2n) is 4.58. The van der Waals surface area contributed by atoms with Gasteiger partial charge in [0, 0.05) is 11.1 Å². The van der Waals surface area contributed by atoms with Gasteiger partial charge in [0.2, 0.25) is 0 Å². The maximum absolute atomic E-state index is 12.2. The Kier molecular flexibility index (Phi) is 5.27. The molecule has 2 heterocycles. The SMILES string of the molecule is CCOC(=O)c1c(NC(=O)c2ccccn2)sc(C)c1CC. The van der Waals surface area contributed by atoms with Crippen molar-refractivity contribution in [3.8, 4) is 0 Å². The lowest BCUT2D eigenvalue weighted by molar-refractivity contribution is 0.0527. The zero-order valence-electron chi connectivity index (χ0n) is 12.8. The van der Waals surface area contributed by atoms with E-state index in [1.54, 1.807) is 31.3 Å². The third-order valence-corrected chi connectivity index (χ3v) is 4.23. The van der Waals surface area contributed by atoms with Crippen molar-refractivity contribution in [2.45, 2.75) is 27.2 Å². The minimum absolute atomic E-state index is 0.296. The average molecular weight is 318 g/mol. The second kappa shape index (κ2) is 7.17. The van der Waals surface area contributed by atoms with Crippen LogP contribution in [0.5, 0.6) is 0 Å². The monoisotopic (exact) mass is 318 g/mol. The molecule has 0 radical (unpaired) electrons. The highest BCUT2D eigenvalue weighted by atomic mass is 32.1. The predicted octanol–water partition coefficient (Wildman–Crippen LogP) is 3.44. The van der Waals surface area contributed by atoms with Crippen LogP contribution in [0, 0.1) is 6.92 Å². The summed E-state index contributed by atoms with van der Waals surface area (Å²) in [6.45, 7) is 5.96. The molecule has 0 aromatic carbocycles. The molecule has 0 saturated carbocycles. The van der Waals surface area contributed by atoms with Crippen molar-refractivity contribution in [3.63, 3.8) is 0 Å². The lowest BCUT2D eigenvalue weighted by Crippen LogP contribution is -2.16. The Hall–Kier alpha value is -2.21. The van der Waals surface area contributed by atoms with Crippen LogP contribution < -0.4 is 5.32 Å². The van der Waals surface area contributed by atoms with Gasteiger partial charge in [-0.15, -0.1) is 11.3 Å². The van der Waals surface area contributed by atoms with E-state index in [0.29, 0.717) is 29.3 Å². The fraction of sp³-hybridized carbons (Fsp3) is 0.312. The van der Waals surface area contributed by atoms with E-state index in [2.05, 4.69) is 10.3 Å². The van der Waals surface area contributed by atoms with E-state index >= 15 is 0 Å². The van der Waals surface area contributed by atoms with Crippen LogP contribution in [0.1, 0.15) is 45.1 Å². The molecule has 0 spiro atoms. The highest BCUT2D eigenvalue weighted by Gasteiger charge is 2.23. The number of esters is 1. The van der Waals surface area contributed by atoms with E-state index in [0.717, 1.165) is 10.4 Å². The highest BCUT2D eigenvalue weighted by Crippen LogP contribution is 2.34. The molecule has 116 valence electrons. The van der Waals surface area contributed by atoms with E-state index in [-0.39, 0.29) is 5.91 Å². The first-order chi connectivity index (χ1) is 10.6. The van der Waals surface area contributed by atoms with Gasteiger partial charge in [0.05, 0.1) is 12.2 Å². The van der Waals surface area contributed by atoms with Crippen molar-refractivity contribution in [1.29, 1.82) is 0 Å². The number of anilines is 1. The molecule has 0 fully saturated rings. The zero-order valence-corrected chi connectivity index (χ0v) is 13.6. The molecule has 0 aliphatic rings. The van der Waals surface area contributed by atoms with Gasteiger partial charge in [0.15, 0.2) is 0 Å². The van der Waals surface area contributed by atoms with Crippen LogP contribution in [-0.2, 0) is 11.2 Å². The number of carbonyl (C=O) groups is 2. The Bertz CT molecular complexity index is 680. The fourth-order valence-electron chi connectivity index (χ4n) is 2.18. The molecule has 1 amide bonds. The lowest BCUT2D eigenvalue weighted by Gasteiger charge is -2.07. The van der Waals surface area contributed by atoms with Crippen LogP contribution in [0.4, 0.5) is 5.00 Å². The Morgan fingerprint density at radius 1 is 1.32 bits per heavy atom. The van der Waals surface area contributed by atoms with Gasteiger partial charge in [0.25, 0.3) is 5.91 Å². The minimum Gasteiger partial charge on any atom is -0.462 e. The molecule has 2 rings (SSSR count). The van der Waals surface area contributed by atoms with Crippen LogP contribution in [0.2, 0.25) is 0 Å².